The van der Waals surface area contributed by atoms with Gasteiger partial charge in [-0.1, -0.05) is 13.0 Å². The predicted octanol–water partition coefficient (Wildman–Crippen LogP) is 2.39. The summed E-state index contributed by atoms with van der Waals surface area (Å²) in [7, 11) is 0. The van der Waals surface area contributed by atoms with Crippen LogP contribution in [-0.4, -0.2) is 9.38 Å². The van der Waals surface area contributed by atoms with Gasteiger partial charge in [-0.15, -0.1) is 0 Å². The normalized spacial score (nSPS) is 19.2. The lowest BCUT2D eigenvalue weighted by Gasteiger charge is -2.08. The van der Waals surface area contributed by atoms with Gasteiger partial charge in [-0.05, 0) is 29.9 Å². The minimum Gasteiger partial charge on any atom is -0.307 e. The van der Waals surface area contributed by atoms with Crippen LogP contribution in [0.25, 0.3) is 5.65 Å². The summed E-state index contributed by atoms with van der Waals surface area (Å²) in [6.07, 6.45) is 8.70. The van der Waals surface area contributed by atoms with Crippen LogP contribution in [0.3, 0.4) is 0 Å². The molecule has 2 aromatic heterocycles. The molecule has 0 spiro atoms. The lowest BCUT2D eigenvalue weighted by Crippen LogP contribution is -2.00. The lowest BCUT2D eigenvalue weighted by atomic mass is 10.0. The van der Waals surface area contributed by atoms with E-state index >= 15 is 0 Å². The Balaban J connectivity index is 2.20. The molecule has 0 N–H and O–H groups in total. The minimum atomic E-state index is 0.457. The highest BCUT2D eigenvalue weighted by Crippen LogP contribution is 2.47. The highest BCUT2D eigenvalue weighted by molar-refractivity contribution is 5.42. The van der Waals surface area contributed by atoms with Crippen LogP contribution in [-0.2, 0) is 5.41 Å². The molecule has 1 aliphatic rings. The summed E-state index contributed by atoms with van der Waals surface area (Å²) in [5.41, 5.74) is 2.93. The third-order valence-corrected chi connectivity index (χ3v) is 3.09. The Labute approximate surface area is 77.2 Å². The summed E-state index contributed by atoms with van der Waals surface area (Å²) in [6, 6.07) is 4.30. The number of pyridine rings is 1. The van der Waals surface area contributed by atoms with E-state index in [0.717, 1.165) is 5.65 Å². The highest BCUT2D eigenvalue weighted by Gasteiger charge is 2.39. The maximum atomic E-state index is 4.23. The van der Waals surface area contributed by atoms with E-state index in [2.05, 4.69) is 34.6 Å². The molecule has 2 heteroatoms. The number of aromatic nitrogens is 2. The van der Waals surface area contributed by atoms with Crippen molar-refractivity contribution in [3.8, 4) is 0 Å². The molecular weight excluding hydrogens is 160 g/mol. The predicted molar refractivity (Wildman–Crippen MR) is 51.8 cm³/mol. The van der Waals surface area contributed by atoms with Gasteiger partial charge in [0, 0.05) is 18.6 Å². The molecule has 2 aromatic rings. The van der Waals surface area contributed by atoms with Crippen molar-refractivity contribution in [2.45, 2.75) is 25.2 Å². The van der Waals surface area contributed by atoms with Gasteiger partial charge >= 0.3 is 0 Å². The van der Waals surface area contributed by atoms with Crippen LogP contribution in [0.4, 0.5) is 0 Å². The molecule has 0 unspecified atom stereocenters. The molecule has 0 aliphatic heterocycles. The third kappa shape index (κ3) is 0.981. The largest absolute Gasteiger partial charge is 0.307 e. The highest BCUT2D eigenvalue weighted by atomic mass is 15.0. The summed E-state index contributed by atoms with van der Waals surface area (Å²) in [4.78, 5) is 4.23. The Kier molecular flexibility index (Phi) is 1.17. The van der Waals surface area contributed by atoms with Crippen LogP contribution in [0, 0.1) is 0 Å². The minimum absolute atomic E-state index is 0.457. The fourth-order valence-corrected chi connectivity index (χ4v) is 1.75. The quantitative estimate of drug-likeness (QED) is 0.645. The number of hydrogen-bond donors (Lipinski definition) is 0. The van der Waals surface area contributed by atoms with E-state index in [4.69, 9.17) is 0 Å². The van der Waals surface area contributed by atoms with Gasteiger partial charge in [0.15, 0.2) is 0 Å². The monoisotopic (exact) mass is 172 g/mol. The molecule has 13 heavy (non-hydrogen) atoms. The number of imidazole rings is 1. The van der Waals surface area contributed by atoms with Gasteiger partial charge in [-0.2, -0.15) is 0 Å². The number of hydrogen-bond acceptors (Lipinski definition) is 1. The van der Waals surface area contributed by atoms with E-state index in [1.54, 1.807) is 0 Å². The van der Waals surface area contributed by atoms with Crippen LogP contribution in [0.15, 0.2) is 30.7 Å². The van der Waals surface area contributed by atoms with Crippen molar-refractivity contribution in [2.75, 3.05) is 0 Å². The average molecular weight is 172 g/mol. The second-order valence-corrected chi connectivity index (χ2v) is 4.17. The summed E-state index contributed by atoms with van der Waals surface area (Å²) in [5.74, 6) is 0. The van der Waals surface area contributed by atoms with Crippen LogP contribution in [0.2, 0.25) is 0 Å². The smallest absolute Gasteiger partial charge is 0.136 e. The SMILES string of the molecule is CC1(c2ccc3nccn3c2)CC1. The van der Waals surface area contributed by atoms with E-state index in [9.17, 15) is 0 Å². The molecule has 0 saturated heterocycles. The van der Waals surface area contributed by atoms with Gasteiger partial charge in [0.05, 0.1) is 0 Å². The molecule has 0 amide bonds. The van der Waals surface area contributed by atoms with Crippen molar-refractivity contribution >= 4 is 5.65 Å². The van der Waals surface area contributed by atoms with E-state index in [0.29, 0.717) is 5.41 Å². The Morgan fingerprint density at radius 3 is 3.00 bits per heavy atom. The molecule has 1 aliphatic carbocycles. The summed E-state index contributed by atoms with van der Waals surface area (Å²) >= 11 is 0. The first-order chi connectivity index (χ1) is 6.28. The fraction of sp³-hybridized carbons (Fsp3) is 0.364. The van der Waals surface area contributed by atoms with E-state index in [-0.39, 0.29) is 0 Å². The molecule has 0 aromatic carbocycles. The van der Waals surface area contributed by atoms with E-state index in [1.165, 1.54) is 18.4 Å². The van der Waals surface area contributed by atoms with Gasteiger partial charge in [0.2, 0.25) is 0 Å². The van der Waals surface area contributed by atoms with Crippen LogP contribution < -0.4 is 0 Å². The number of rotatable bonds is 1. The van der Waals surface area contributed by atoms with Crippen molar-refractivity contribution in [3.63, 3.8) is 0 Å². The fourth-order valence-electron chi connectivity index (χ4n) is 1.75. The van der Waals surface area contributed by atoms with Crippen molar-refractivity contribution in [3.05, 3.63) is 36.3 Å². The third-order valence-electron chi connectivity index (χ3n) is 3.09. The van der Waals surface area contributed by atoms with Gasteiger partial charge in [0.1, 0.15) is 5.65 Å². The Hall–Kier alpha value is -1.31. The zero-order valence-electron chi connectivity index (χ0n) is 7.70. The molecular formula is C11H12N2. The van der Waals surface area contributed by atoms with Crippen LogP contribution >= 0.6 is 0 Å². The molecule has 2 nitrogen and oxygen atoms in total. The Morgan fingerprint density at radius 1 is 1.38 bits per heavy atom. The topological polar surface area (TPSA) is 17.3 Å². The first-order valence-corrected chi connectivity index (χ1v) is 4.71. The molecule has 1 fully saturated rings. The molecule has 0 bridgehead atoms. The number of fused-ring (bicyclic) bond motifs is 1. The maximum absolute atomic E-state index is 4.23. The molecule has 66 valence electrons. The van der Waals surface area contributed by atoms with E-state index < -0.39 is 0 Å². The first kappa shape index (κ1) is 7.13. The Morgan fingerprint density at radius 2 is 2.23 bits per heavy atom. The zero-order chi connectivity index (χ0) is 8.89. The molecule has 0 atom stereocenters. The van der Waals surface area contributed by atoms with Gasteiger partial charge in [0.25, 0.3) is 0 Å². The molecule has 3 rings (SSSR count). The zero-order valence-corrected chi connectivity index (χ0v) is 7.70. The lowest BCUT2D eigenvalue weighted by molar-refractivity contribution is 0.778. The number of nitrogens with zero attached hydrogens (tertiary/aromatic N) is 2. The van der Waals surface area contributed by atoms with Gasteiger partial charge < -0.3 is 4.40 Å². The first-order valence-electron chi connectivity index (χ1n) is 4.71. The maximum Gasteiger partial charge on any atom is 0.136 e. The molecule has 0 radical (unpaired) electrons. The van der Waals surface area contributed by atoms with Crippen molar-refractivity contribution < 1.29 is 0 Å². The molecule has 1 saturated carbocycles. The second kappa shape index (κ2) is 2.13. The van der Waals surface area contributed by atoms with E-state index in [1.807, 2.05) is 12.4 Å². The Bertz CT molecular complexity index is 452. The summed E-state index contributed by atoms with van der Waals surface area (Å²) in [5, 5.41) is 0. The summed E-state index contributed by atoms with van der Waals surface area (Å²) in [6.45, 7) is 2.32. The van der Waals surface area contributed by atoms with Crippen LogP contribution in [0.1, 0.15) is 25.3 Å². The van der Waals surface area contributed by atoms with Crippen molar-refractivity contribution in [1.82, 2.24) is 9.38 Å². The second-order valence-electron chi connectivity index (χ2n) is 4.17. The van der Waals surface area contributed by atoms with Crippen molar-refractivity contribution in [2.24, 2.45) is 0 Å². The standard InChI is InChI=1S/C11H12N2/c1-11(4-5-11)9-2-3-10-12-6-7-13(10)8-9/h2-3,6-8H,4-5H2,1H3. The van der Waals surface area contributed by atoms with Gasteiger partial charge in [-0.25, -0.2) is 4.98 Å². The molecule has 2 heterocycles. The van der Waals surface area contributed by atoms with Gasteiger partial charge in [-0.3, -0.25) is 0 Å². The van der Waals surface area contributed by atoms with Crippen molar-refractivity contribution in [1.29, 1.82) is 0 Å². The van der Waals surface area contributed by atoms with Crippen LogP contribution in [0.5, 0.6) is 0 Å². The average Bonchev–Trinajstić information content (AvgIpc) is 2.74. The summed E-state index contributed by atoms with van der Waals surface area (Å²) < 4.78 is 2.10.